The Balaban J connectivity index is 2.44. The summed E-state index contributed by atoms with van der Waals surface area (Å²) in [5, 5.41) is 17.8. The number of rotatable bonds is 4. The summed E-state index contributed by atoms with van der Waals surface area (Å²) < 4.78 is 0. The smallest absolute Gasteiger partial charge is 0.404 e. The van der Waals surface area contributed by atoms with E-state index in [1.165, 1.54) is 11.0 Å². The molecule has 0 saturated carbocycles. The Morgan fingerprint density at radius 1 is 1.64 bits per heavy atom. The number of amides is 2. The zero-order valence-corrected chi connectivity index (χ0v) is 7.17. The maximum absolute atomic E-state index is 10.6. The van der Waals surface area contributed by atoms with Crippen molar-refractivity contribution in [2.24, 2.45) is 5.73 Å². The van der Waals surface area contributed by atoms with Gasteiger partial charge >= 0.3 is 6.09 Å². The van der Waals surface area contributed by atoms with Gasteiger partial charge in [-0.1, -0.05) is 0 Å². The number of carboxylic acid groups (broad SMARTS) is 1. The Morgan fingerprint density at radius 3 is 2.86 bits per heavy atom. The first-order chi connectivity index (χ1) is 6.59. The Hall–Kier alpha value is -2.12. The summed E-state index contributed by atoms with van der Waals surface area (Å²) in [7, 11) is 0. The minimum absolute atomic E-state index is 0.0559. The summed E-state index contributed by atoms with van der Waals surface area (Å²) >= 11 is 0. The van der Waals surface area contributed by atoms with Crippen LogP contribution in [0.2, 0.25) is 0 Å². The zero-order chi connectivity index (χ0) is 10.6. The fourth-order valence-electron chi connectivity index (χ4n) is 0.781. The second-order valence-electron chi connectivity index (χ2n) is 2.42. The Bertz CT molecular complexity index is 347. The van der Waals surface area contributed by atoms with Gasteiger partial charge in [-0.15, -0.1) is 5.10 Å². The molecule has 8 nitrogen and oxygen atoms in total. The largest absolute Gasteiger partial charge is 0.465 e. The molecule has 0 atom stereocenters. The fraction of sp³-hybridized carbons (Fsp3) is 0.333. The SMILES string of the molecule is NC(=O)c1cnn(CCNC(=O)O)n1. The van der Waals surface area contributed by atoms with Crippen molar-refractivity contribution in [1.29, 1.82) is 0 Å². The second kappa shape index (κ2) is 4.21. The molecule has 0 unspecified atom stereocenters. The van der Waals surface area contributed by atoms with Crippen molar-refractivity contribution in [3.8, 4) is 0 Å². The molecule has 0 aliphatic heterocycles. The van der Waals surface area contributed by atoms with E-state index in [-0.39, 0.29) is 18.8 Å². The number of carbonyl (C=O) groups is 2. The van der Waals surface area contributed by atoms with Crippen LogP contribution in [0.25, 0.3) is 0 Å². The lowest BCUT2D eigenvalue weighted by Crippen LogP contribution is -2.26. The molecular formula is C6H9N5O3. The summed E-state index contributed by atoms with van der Waals surface area (Å²) in [4.78, 5) is 21.9. The lowest BCUT2D eigenvalue weighted by Gasteiger charge is -1.98. The topological polar surface area (TPSA) is 123 Å². The highest BCUT2D eigenvalue weighted by atomic mass is 16.4. The number of primary amides is 1. The monoisotopic (exact) mass is 199 g/mol. The number of nitrogens with two attached hydrogens (primary N) is 1. The van der Waals surface area contributed by atoms with Gasteiger partial charge in [0.2, 0.25) is 0 Å². The Morgan fingerprint density at radius 2 is 2.36 bits per heavy atom. The number of nitrogens with one attached hydrogen (secondary N) is 1. The summed E-state index contributed by atoms with van der Waals surface area (Å²) in [6, 6.07) is 0. The highest BCUT2D eigenvalue weighted by Crippen LogP contribution is 1.88. The molecule has 76 valence electrons. The third-order valence-corrected chi connectivity index (χ3v) is 1.38. The van der Waals surface area contributed by atoms with Crippen LogP contribution in [-0.4, -0.2) is 38.6 Å². The van der Waals surface area contributed by atoms with Crippen LogP contribution in [-0.2, 0) is 6.54 Å². The van der Waals surface area contributed by atoms with E-state index in [0.29, 0.717) is 0 Å². The summed E-state index contributed by atoms with van der Waals surface area (Å²) in [5.74, 6) is -0.664. The lowest BCUT2D eigenvalue weighted by atomic mass is 10.5. The van der Waals surface area contributed by atoms with Crippen molar-refractivity contribution in [3.05, 3.63) is 11.9 Å². The van der Waals surface area contributed by atoms with Gasteiger partial charge in [0.05, 0.1) is 12.7 Å². The standard InChI is InChI=1S/C6H9N5O3/c7-5(12)4-3-9-11(10-4)2-1-8-6(13)14/h3,8H,1-2H2,(H2,7,12)(H,13,14). The van der Waals surface area contributed by atoms with Gasteiger partial charge in [0.25, 0.3) is 5.91 Å². The first-order valence-electron chi connectivity index (χ1n) is 3.76. The van der Waals surface area contributed by atoms with Crippen molar-refractivity contribution in [3.63, 3.8) is 0 Å². The van der Waals surface area contributed by atoms with Crippen molar-refractivity contribution >= 4 is 12.0 Å². The molecule has 1 aromatic heterocycles. The Labute approximate surface area is 78.7 Å². The molecule has 1 rings (SSSR count). The third kappa shape index (κ3) is 2.73. The molecule has 0 radical (unpaired) electrons. The van der Waals surface area contributed by atoms with Gasteiger partial charge in [0.15, 0.2) is 5.69 Å². The summed E-state index contributed by atoms with van der Waals surface area (Å²) in [6.45, 7) is 0.418. The van der Waals surface area contributed by atoms with Crippen LogP contribution in [0.1, 0.15) is 10.5 Å². The molecule has 1 aromatic rings. The van der Waals surface area contributed by atoms with Gasteiger partial charge in [-0.05, 0) is 0 Å². The van der Waals surface area contributed by atoms with Gasteiger partial charge in [-0.25, -0.2) is 4.79 Å². The van der Waals surface area contributed by atoms with Gasteiger partial charge < -0.3 is 16.2 Å². The van der Waals surface area contributed by atoms with Crippen LogP contribution < -0.4 is 11.1 Å². The van der Waals surface area contributed by atoms with E-state index in [9.17, 15) is 9.59 Å². The fourth-order valence-corrected chi connectivity index (χ4v) is 0.781. The molecule has 0 aliphatic carbocycles. The molecule has 0 aliphatic rings. The summed E-state index contributed by atoms with van der Waals surface area (Å²) in [5.41, 5.74) is 5.00. The quantitative estimate of drug-likeness (QED) is 0.552. The van der Waals surface area contributed by atoms with Gasteiger partial charge in [-0.2, -0.15) is 9.90 Å². The van der Waals surface area contributed by atoms with E-state index in [0.717, 1.165) is 0 Å². The van der Waals surface area contributed by atoms with E-state index in [1.807, 2.05) is 0 Å². The average Bonchev–Trinajstić information content (AvgIpc) is 2.52. The van der Waals surface area contributed by atoms with Crippen molar-refractivity contribution < 1.29 is 14.7 Å². The van der Waals surface area contributed by atoms with E-state index in [1.54, 1.807) is 0 Å². The molecule has 1 heterocycles. The molecule has 0 fully saturated rings. The minimum Gasteiger partial charge on any atom is -0.465 e. The van der Waals surface area contributed by atoms with Gasteiger partial charge in [-0.3, -0.25) is 4.79 Å². The number of nitrogens with zero attached hydrogens (tertiary/aromatic N) is 3. The van der Waals surface area contributed by atoms with Crippen LogP contribution in [0.4, 0.5) is 4.79 Å². The molecule has 0 bridgehead atoms. The van der Waals surface area contributed by atoms with Crippen molar-refractivity contribution in [1.82, 2.24) is 20.3 Å². The van der Waals surface area contributed by atoms with E-state index >= 15 is 0 Å². The maximum atomic E-state index is 10.6. The van der Waals surface area contributed by atoms with Crippen molar-refractivity contribution in [2.75, 3.05) is 6.54 Å². The zero-order valence-electron chi connectivity index (χ0n) is 7.17. The number of hydrogen-bond donors (Lipinski definition) is 3. The van der Waals surface area contributed by atoms with Gasteiger partial charge in [0.1, 0.15) is 0 Å². The third-order valence-electron chi connectivity index (χ3n) is 1.38. The molecule has 0 spiro atoms. The van der Waals surface area contributed by atoms with Crippen molar-refractivity contribution in [2.45, 2.75) is 6.54 Å². The predicted molar refractivity (Wildman–Crippen MR) is 44.6 cm³/mol. The molecule has 0 aromatic carbocycles. The van der Waals surface area contributed by atoms with Crippen LogP contribution in [0, 0.1) is 0 Å². The molecule has 14 heavy (non-hydrogen) atoms. The molecule has 0 saturated heterocycles. The molecular weight excluding hydrogens is 190 g/mol. The van der Waals surface area contributed by atoms with E-state index < -0.39 is 12.0 Å². The van der Waals surface area contributed by atoms with Crippen LogP contribution in [0.3, 0.4) is 0 Å². The van der Waals surface area contributed by atoms with Crippen LogP contribution in [0.5, 0.6) is 0 Å². The molecule has 2 amide bonds. The second-order valence-corrected chi connectivity index (χ2v) is 2.42. The highest BCUT2D eigenvalue weighted by Gasteiger charge is 2.05. The number of hydrogen-bond acceptors (Lipinski definition) is 4. The first kappa shape index (κ1) is 9.96. The average molecular weight is 199 g/mol. The molecule has 8 heteroatoms. The normalized spacial score (nSPS) is 9.71. The first-order valence-corrected chi connectivity index (χ1v) is 3.76. The maximum Gasteiger partial charge on any atom is 0.404 e. The lowest BCUT2D eigenvalue weighted by molar-refractivity contribution is 0.0994. The Kier molecular flexibility index (Phi) is 3.00. The number of aromatic nitrogens is 3. The van der Waals surface area contributed by atoms with E-state index in [2.05, 4.69) is 15.5 Å². The van der Waals surface area contributed by atoms with Crippen LogP contribution >= 0.6 is 0 Å². The highest BCUT2D eigenvalue weighted by molar-refractivity contribution is 5.90. The number of carbonyl (C=O) groups excluding carboxylic acids is 1. The van der Waals surface area contributed by atoms with E-state index in [4.69, 9.17) is 10.8 Å². The van der Waals surface area contributed by atoms with Gasteiger partial charge in [0, 0.05) is 6.54 Å². The molecule has 4 N–H and O–H groups in total. The summed E-state index contributed by atoms with van der Waals surface area (Å²) in [6.07, 6.45) is 0.107. The predicted octanol–water partition coefficient (Wildman–Crippen LogP) is -1.36. The van der Waals surface area contributed by atoms with Crippen LogP contribution in [0.15, 0.2) is 6.20 Å². The minimum atomic E-state index is -1.12.